The molecule has 0 aliphatic carbocycles. The molecule has 3 aromatic heterocycles. The minimum atomic E-state index is -4.88. The monoisotopic (exact) mass is 447 g/mol. The Hall–Kier alpha value is -3.79. The number of nitrogens with one attached hydrogen (secondary N) is 1. The van der Waals surface area contributed by atoms with Crippen LogP contribution in [0.1, 0.15) is 5.69 Å². The topological polar surface area (TPSA) is 74.0 Å². The van der Waals surface area contributed by atoms with Crippen LogP contribution in [0.5, 0.6) is 5.75 Å². The van der Waals surface area contributed by atoms with Gasteiger partial charge in [-0.05, 0) is 36.4 Å². The summed E-state index contributed by atoms with van der Waals surface area (Å²) < 4.78 is 48.4. The number of anilines is 1. The molecule has 31 heavy (non-hydrogen) atoms. The van der Waals surface area contributed by atoms with Crippen molar-refractivity contribution < 1.29 is 22.7 Å². The summed E-state index contributed by atoms with van der Waals surface area (Å²) in [6.07, 6.45) is -1.67. The number of pyridine rings is 1. The highest BCUT2D eigenvalue weighted by Gasteiger charge is 2.41. The summed E-state index contributed by atoms with van der Waals surface area (Å²) in [5.74, 6) is -0.946. The summed E-state index contributed by atoms with van der Waals surface area (Å²) in [5.41, 5.74) is -0.336. The van der Waals surface area contributed by atoms with Crippen LogP contribution in [0, 0.1) is 0 Å². The number of rotatable bonds is 4. The first-order valence-corrected chi connectivity index (χ1v) is 9.20. The van der Waals surface area contributed by atoms with E-state index in [0.29, 0.717) is 16.1 Å². The first-order chi connectivity index (χ1) is 14.8. The average molecular weight is 448 g/mol. The zero-order chi connectivity index (χ0) is 22.0. The molecular formula is C20H13ClF3N5O2. The normalized spacial score (nSPS) is 11.4. The summed E-state index contributed by atoms with van der Waals surface area (Å²) in [6.45, 7) is 0. The second kappa shape index (κ2) is 8.15. The minimum Gasteiger partial charge on any atom is -0.406 e. The Morgan fingerprint density at radius 2 is 1.77 bits per heavy atom. The molecule has 7 nitrogen and oxygen atoms in total. The molecule has 1 aromatic carbocycles. The van der Waals surface area contributed by atoms with Gasteiger partial charge in [-0.25, -0.2) is 14.5 Å². The van der Waals surface area contributed by atoms with Crippen LogP contribution in [0.2, 0.25) is 5.15 Å². The highest BCUT2D eigenvalue weighted by Crippen LogP contribution is 2.37. The number of hydrogen-bond donors (Lipinski definition) is 1. The summed E-state index contributed by atoms with van der Waals surface area (Å²) >= 11 is 5.77. The fraction of sp³-hybridized carbons (Fsp3) is 0.0500. The lowest BCUT2D eigenvalue weighted by atomic mass is 10.2. The standard InChI is InChI=1S/C20H13ClF3N5O2/c21-16-8-5-9-17(27-16)29-18(20(22,23)24)15(12-25-29)31-19(30)26-13-6-1-2-7-14(13)28-10-3-4-11-28/h1-12H,(H,26,30). The lowest BCUT2D eigenvalue weighted by Crippen LogP contribution is -2.21. The van der Waals surface area contributed by atoms with E-state index in [1.54, 1.807) is 53.4 Å². The van der Waals surface area contributed by atoms with Crippen molar-refractivity contribution >= 4 is 23.4 Å². The van der Waals surface area contributed by atoms with E-state index in [1.807, 2.05) is 0 Å². The molecule has 3 heterocycles. The van der Waals surface area contributed by atoms with Crippen LogP contribution in [-0.4, -0.2) is 25.4 Å². The number of alkyl halides is 3. The maximum atomic E-state index is 13.7. The van der Waals surface area contributed by atoms with Gasteiger partial charge in [0.25, 0.3) is 0 Å². The number of amides is 1. The van der Waals surface area contributed by atoms with Crippen molar-refractivity contribution in [2.45, 2.75) is 6.18 Å². The van der Waals surface area contributed by atoms with E-state index in [2.05, 4.69) is 15.4 Å². The smallest absolute Gasteiger partial charge is 0.406 e. The summed E-state index contributed by atoms with van der Waals surface area (Å²) in [4.78, 5) is 16.2. The van der Waals surface area contributed by atoms with Crippen LogP contribution in [0.4, 0.5) is 23.7 Å². The Morgan fingerprint density at radius 1 is 1.03 bits per heavy atom. The zero-order valence-electron chi connectivity index (χ0n) is 15.5. The van der Waals surface area contributed by atoms with Crippen LogP contribution in [-0.2, 0) is 6.18 Å². The molecule has 158 valence electrons. The van der Waals surface area contributed by atoms with Gasteiger partial charge in [-0.2, -0.15) is 18.3 Å². The molecular weight excluding hydrogens is 435 g/mol. The fourth-order valence-corrected chi connectivity index (χ4v) is 3.05. The van der Waals surface area contributed by atoms with E-state index in [0.717, 1.165) is 6.20 Å². The van der Waals surface area contributed by atoms with Crippen LogP contribution >= 0.6 is 11.6 Å². The molecule has 0 bridgehead atoms. The molecule has 4 aromatic rings. The molecule has 11 heteroatoms. The van der Waals surface area contributed by atoms with E-state index in [1.165, 1.54) is 18.2 Å². The van der Waals surface area contributed by atoms with E-state index >= 15 is 0 Å². The number of hydrogen-bond acceptors (Lipinski definition) is 4. The minimum absolute atomic E-state index is 0.0112. The molecule has 0 aliphatic rings. The predicted octanol–water partition coefficient (Wildman–Crippen LogP) is 5.34. The van der Waals surface area contributed by atoms with Gasteiger partial charge in [-0.3, -0.25) is 5.32 Å². The van der Waals surface area contributed by atoms with Gasteiger partial charge in [-0.1, -0.05) is 29.8 Å². The molecule has 0 saturated carbocycles. The van der Waals surface area contributed by atoms with Gasteiger partial charge in [0.15, 0.2) is 17.3 Å². The van der Waals surface area contributed by atoms with E-state index in [9.17, 15) is 18.0 Å². The van der Waals surface area contributed by atoms with E-state index in [4.69, 9.17) is 16.3 Å². The number of carbonyl (C=O) groups is 1. The lowest BCUT2D eigenvalue weighted by Gasteiger charge is -2.14. The van der Waals surface area contributed by atoms with Crippen molar-refractivity contribution in [3.05, 3.63) is 84.0 Å². The van der Waals surface area contributed by atoms with Gasteiger partial charge < -0.3 is 9.30 Å². The lowest BCUT2D eigenvalue weighted by molar-refractivity contribution is -0.143. The van der Waals surface area contributed by atoms with Gasteiger partial charge in [-0.15, -0.1) is 0 Å². The van der Waals surface area contributed by atoms with Crippen LogP contribution < -0.4 is 10.1 Å². The Bertz CT molecular complexity index is 1220. The molecule has 0 saturated heterocycles. The SMILES string of the molecule is O=C(Nc1ccccc1-n1cccc1)Oc1cnn(-c2cccc(Cl)n2)c1C(F)(F)F. The van der Waals surface area contributed by atoms with Crippen molar-refractivity contribution in [2.75, 3.05) is 5.32 Å². The summed E-state index contributed by atoms with van der Waals surface area (Å²) in [6, 6.07) is 14.5. The molecule has 0 spiro atoms. The van der Waals surface area contributed by atoms with E-state index < -0.39 is 23.7 Å². The molecule has 1 N–H and O–H groups in total. The van der Waals surface area contributed by atoms with Crippen molar-refractivity contribution in [3.8, 4) is 17.3 Å². The van der Waals surface area contributed by atoms with Crippen molar-refractivity contribution in [1.29, 1.82) is 0 Å². The number of halogens is 4. The van der Waals surface area contributed by atoms with Crippen LogP contribution in [0.15, 0.2) is 73.2 Å². The number of benzene rings is 1. The number of carbonyl (C=O) groups excluding carboxylic acids is 1. The van der Waals surface area contributed by atoms with Crippen molar-refractivity contribution in [2.24, 2.45) is 0 Å². The Balaban J connectivity index is 1.63. The molecule has 4 rings (SSSR count). The van der Waals surface area contributed by atoms with Crippen LogP contribution in [0.3, 0.4) is 0 Å². The number of para-hydroxylation sites is 2. The third-order valence-electron chi connectivity index (χ3n) is 4.15. The third kappa shape index (κ3) is 4.38. The predicted molar refractivity (Wildman–Crippen MR) is 107 cm³/mol. The summed E-state index contributed by atoms with van der Waals surface area (Å²) in [5, 5.41) is 6.13. The van der Waals surface area contributed by atoms with Gasteiger partial charge in [0.1, 0.15) is 5.15 Å². The number of ether oxygens (including phenoxy) is 1. The highest BCUT2D eigenvalue weighted by atomic mass is 35.5. The van der Waals surface area contributed by atoms with E-state index in [-0.39, 0.29) is 11.0 Å². The molecule has 0 radical (unpaired) electrons. The van der Waals surface area contributed by atoms with Crippen molar-refractivity contribution in [1.82, 2.24) is 19.3 Å². The quantitative estimate of drug-likeness (QED) is 0.428. The second-order valence-corrected chi connectivity index (χ2v) is 6.59. The van der Waals surface area contributed by atoms with Crippen LogP contribution in [0.25, 0.3) is 11.5 Å². The largest absolute Gasteiger partial charge is 0.437 e. The van der Waals surface area contributed by atoms with Gasteiger partial charge in [0.2, 0.25) is 0 Å². The maximum Gasteiger partial charge on any atom is 0.437 e. The summed E-state index contributed by atoms with van der Waals surface area (Å²) in [7, 11) is 0. The Morgan fingerprint density at radius 3 is 2.48 bits per heavy atom. The van der Waals surface area contributed by atoms with Crippen molar-refractivity contribution in [3.63, 3.8) is 0 Å². The number of aromatic nitrogens is 4. The first kappa shape index (κ1) is 20.5. The van der Waals surface area contributed by atoms with Gasteiger partial charge in [0, 0.05) is 12.4 Å². The maximum absolute atomic E-state index is 13.7. The van der Waals surface area contributed by atoms with Gasteiger partial charge >= 0.3 is 12.3 Å². The molecule has 0 atom stereocenters. The third-order valence-corrected chi connectivity index (χ3v) is 4.36. The molecule has 0 unspecified atom stereocenters. The van der Waals surface area contributed by atoms with Gasteiger partial charge in [0.05, 0.1) is 17.6 Å². The average Bonchev–Trinajstić information content (AvgIpc) is 3.38. The Kier molecular flexibility index (Phi) is 5.38. The number of nitrogens with zero attached hydrogens (tertiary/aromatic N) is 4. The molecule has 0 fully saturated rings. The fourth-order valence-electron chi connectivity index (χ4n) is 2.89. The first-order valence-electron chi connectivity index (χ1n) is 8.82. The Labute approximate surface area is 178 Å². The molecule has 1 amide bonds. The molecule has 0 aliphatic heterocycles. The highest BCUT2D eigenvalue weighted by molar-refractivity contribution is 6.29. The zero-order valence-corrected chi connectivity index (χ0v) is 16.3. The second-order valence-electron chi connectivity index (χ2n) is 6.21.